The number of carbonyl (C=O) groups is 2. The molecule has 1 aromatic carbocycles. The van der Waals surface area contributed by atoms with Crippen LogP contribution >= 0.6 is 0 Å². The van der Waals surface area contributed by atoms with Gasteiger partial charge in [0.1, 0.15) is 0 Å². The van der Waals surface area contributed by atoms with Crippen LogP contribution in [0.4, 0.5) is 4.79 Å². The zero-order valence-corrected chi connectivity index (χ0v) is 11.8. The van der Waals surface area contributed by atoms with E-state index in [0.29, 0.717) is 5.56 Å². The number of carbonyl (C=O) groups excluding carboxylic acids is 2. The van der Waals surface area contributed by atoms with Crippen molar-refractivity contribution < 1.29 is 29.1 Å². The molecule has 0 unspecified atom stereocenters. The molecule has 0 aliphatic heterocycles. The molecule has 0 bridgehead atoms. The largest absolute Gasteiger partial charge is 0.543 e. The van der Waals surface area contributed by atoms with Crippen molar-refractivity contribution in [2.45, 2.75) is 33.6 Å². The summed E-state index contributed by atoms with van der Waals surface area (Å²) in [5, 5.41) is 4.10. The third-order valence-corrected chi connectivity index (χ3v) is 2.39. The predicted octanol–water partition coefficient (Wildman–Crippen LogP) is 3.26. The van der Waals surface area contributed by atoms with Gasteiger partial charge in [-0.1, -0.05) is 30.5 Å². The van der Waals surface area contributed by atoms with Crippen molar-refractivity contribution in [1.82, 2.24) is 0 Å². The average molecular weight is 282 g/mol. The van der Waals surface area contributed by atoms with E-state index >= 15 is 0 Å². The summed E-state index contributed by atoms with van der Waals surface area (Å²) in [5.41, 5.74) is 2.14. The van der Waals surface area contributed by atoms with E-state index in [9.17, 15) is 9.59 Å². The van der Waals surface area contributed by atoms with Crippen molar-refractivity contribution in [2.75, 3.05) is 6.61 Å². The Kier molecular flexibility index (Phi) is 6.52. The van der Waals surface area contributed by atoms with E-state index in [-0.39, 0.29) is 6.61 Å². The summed E-state index contributed by atoms with van der Waals surface area (Å²) in [4.78, 5) is 31.1. The Morgan fingerprint density at radius 1 is 1.05 bits per heavy atom. The highest BCUT2D eigenvalue weighted by Gasteiger charge is 2.12. The maximum absolute atomic E-state index is 11.6. The van der Waals surface area contributed by atoms with Crippen molar-refractivity contribution >= 4 is 12.1 Å². The maximum atomic E-state index is 11.6. The molecular formula is C14H18O6. The van der Waals surface area contributed by atoms with Crippen LogP contribution in [0.25, 0.3) is 0 Å². The second-order valence-corrected chi connectivity index (χ2v) is 4.35. The minimum absolute atomic E-state index is 0.226. The van der Waals surface area contributed by atoms with Crippen LogP contribution in [0.15, 0.2) is 18.2 Å². The molecule has 0 aliphatic carbocycles. The molecule has 0 saturated carbocycles. The van der Waals surface area contributed by atoms with Gasteiger partial charge in [-0.25, -0.2) is 14.5 Å². The van der Waals surface area contributed by atoms with Crippen LogP contribution in [-0.2, 0) is 19.6 Å². The third-order valence-electron chi connectivity index (χ3n) is 2.39. The minimum Gasteiger partial charge on any atom is -0.432 e. The van der Waals surface area contributed by atoms with Gasteiger partial charge >= 0.3 is 12.1 Å². The summed E-state index contributed by atoms with van der Waals surface area (Å²) in [6, 6.07) is 5.19. The molecule has 0 saturated heterocycles. The second-order valence-electron chi connectivity index (χ2n) is 4.35. The van der Waals surface area contributed by atoms with Crippen molar-refractivity contribution in [3.63, 3.8) is 0 Å². The number of rotatable bonds is 6. The van der Waals surface area contributed by atoms with Crippen molar-refractivity contribution in [2.24, 2.45) is 0 Å². The molecule has 0 fully saturated rings. The molecule has 0 spiro atoms. The van der Waals surface area contributed by atoms with Crippen LogP contribution in [0.1, 0.15) is 41.3 Å². The highest BCUT2D eigenvalue weighted by Crippen LogP contribution is 2.10. The lowest BCUT2D eigenvalue weighted by molar-refractivity contribution is -0.452. The van der Waals surface area contributed by atoms with Gasteiger partial charge in [0.2, 0.25) is 0 Å². The van der Waals surface area contributed by atoms with Gasteiger partial charge in [-0.05, 0) is 32.4 Å². The molecule has 1 aromatic rings. The first-order valence-electron chi connectivity index (χ1n) is 6.33. The van der Waals surface area contributed by atoms with Gasteiger partial charge in [-0.15, -0.1) is 0 Å². The van der Waals surface area contributed by atoms with Gasteiger partial charge in [0, 0.05) is 0 Å². The molecule has 0 aromatic heterocycles. The van der Waals surface area contributed by atoms with E-state index in [1.54, 1.807) is 12.1 Å². The summed E-state index contributed by atoms with van der Waals surface area (Å²) in [5.74, 6) is -0.752. The fourth-order valence-electron chi connectivity index (χ4n) is 1.54. The Labute approximate surface area is 117 Å². The molecule has 0 radical (unpaired) electrons. The minimum atomic E-state index is -1.05. The highest BCUT2D eigenvalue weighted by atomic mass is 17.5. The quantitative estimate of drug-likeness (QED) is 0.345. The van der Waals surface area contributed by atoms with Crippen molar-refractivity contribution in [1.29, 1.82) is 0 Å². The first-order chi connectivity index (χ1) is 9.52. The Morgan fingerprint density at radius 2 is 1.70 bits per heavy atom. The van der Waals surface area contributed by atoms with Gasteiger partial charge in [0.25, 0.3) is 0 Å². The van der Waals surface area contributed by atoms with E-state index in [1.165, 1.54) is 0 Å². The molecule has 6 heteroatoms. The lowest BCUT2D eigenvalue weighted by Crippen LogP contribution is -2.12. The van der Waals surface area contributed by atoms with E-state index in [0.717, 1.165) is 24.0 Å². The summed E-state index contributed by atoms with van der Waals surface area (Å²) in [7, 11) is 0. The van der Waals surface area contributed by atoms with E-state index in [1.807, 2.05) is 26.8 Å². The SMILES string of the molecule is CCCCOC(=O)OOOC(=O)c1cc(C)cc(C)c1. The summed E-state index contributed by atoms with van der Waals surface area (Å²) >= 11 is 0. The monoisotopic (exact) mass is 282 g/mol. The Bertz CT molecular complexity index is 448. The maximum Gasteiger partial charge on any atom is 0.543 e. The van der Waals surface area contributed by atoms with Gasteiger partial charge in [0.05, 0.1) is 17.2 Å². The molecule has 6 nitrogen and oxygen atoms in total. The van der Waals surface area contributed by atoms with Crippen LogP contribution in [0.3, 0.4) is 0 Å². The van der Waals surface area contributed by atoms with Crippen LogP contribution in [0.5, 0.6) is 0 Å². The molecule has 1 rings (SSSR count). The zero-order valence-electron chi connectivity index (χ0n) is 11.8. The van der Waals surface area contributed by atoms with Crippen LogP contribution < -0.4 is 0 Å². The van der Waals surface area contributed by atoms with Gasteiger partial charge < -0.3 is 4.74 Å². The van der Waals surface area contributed by atoms with Crippen LogP contribution in [-0.4, -0.2) is 18.7 Å². The van der Waals surface area contributed by atoms with Gasteiger partial charge in [0.15, 0.2) is 0 Å². The number of ether oxygens (including phenoxy) is 1. The second kappa shape index (κ2) is 8.16. The van der Waals surface area contributed by atoms with Crippen LogP contribution in [0, 0.1) is 13.8 Å². The highest BCUT2D eigenvalue weighted by molar-refractivity contribution is 5.89. The Hall–Kier alpha value is -2.08. The smallest absolute Gasteiger partial charge is 0.432 e. The number of benzene rings is 1. The average Bonchev–Trinajstić information content (AvgIpc) is 2.37. The number of unbranched alkanes of at least 4 members (excludes halogenated alkanes) is 1. The first kappa shape index (κ1) is 16.0. The van der Waals surface area contributed by atoms with E-state index in [4.69, 9.17) is 0 Å². The number of hydrogen-bond donors (Lipinski definition) is 0. The Balaban J connectivity index is 2.34. The summed E-state index contributed by atoms with van der Waals surface area (Å²) in [6.07, 6.45) is 0.555. The van der Waals surface area contributed by atoms with Crippen molar-refractivity contribution in [3.05, 3.63) is 34.9 Å². The van der Waals surface area contributed by atoms with Crippen LogP contribution in [0.2, 0.25) is 0 Å². The molecule has 0 atom stereocenters. The number of hydrogen-bond acceptors (Lipinski definition) is 6. The predicted molar refractivity (Wildman–Crippen MR) is 69.8 cm³/mol. The van der Waals surface area contributed by atoms with E-state index < -0.39 is 12.1 Å². The fourth-order valence-corrected chi connectivity index (χ4v) is 1.54. The van der Waals surface area contributed by atoms with Crippen molar-refractivity contribution in [3.8, 4) is 0 Å². The molecule has 110 valence electrons. The lowest BCUT2D eigenvalue weighted by atomic mass is 10.1. The van der Waals surface area contributed by atoms with Gasteiger partial charge in [-0.3, -0.25) is 4.89 Å². The molecule has 0 N–H and O–H groups in total. The summed E-state index contributed by atoms with van der Waals surface area (Å²) < 4.78 is 4.63. The van der Waals surface area contributed by atoms with E-state index in [2.05, 4.69) is 19.6 Å². The topological polar surface area (TPSA) is 71.1 Å². The third kappa shape index (κ3) is 5.71. The molecule has 0 amide bonds. The normalized spacial score (nSPS) is 9.95. The first-order valence-corrected chi connectivity index (χ1v) is 6.33. The lowest BCUT2D eigenvalue weighted by Gasteiger charge is -2.04. The number of aryl methyl sites for hydroxylation is 2. The molecule has 20 heavy (non-hydrogen) atoms. The summed E-state index contributed by atoms with van der Waals surface area (Å²) in [6.45, 7) is 5.89. The zero-order chi connectivity index (χ0) is 15.0. The Morgan fingerprint density at radius 3 is 2.30 bits per heavy atom. The molecular weight excluding hydrogens is 264 g/mol. The standard InChI is InChI=1S/C14H18O6/c1-4-5-6-17-14(16)19-20-18-13(15)12-8-10(2)7-11(3)9-12/h7-9H,4-6H2,1-3H3. The molecule has 0 aliphatic rings. The fraction of sp³-hybridized carbons (Fsp3) is 0.429. The van der Waals surface area contributed by atoms with Gasteiger partial charge in [-0.2, -0.15) is 0 Å². The molecule has 0 heterocycles.